The molecule has 0 fully saturated rings. The summed E-state index contributed by atoms with van der Waals surface area (Å²) >= 11 is 0. The Bertz CT molecular complexity index is 506. The lowest BCUT2D eigenvalue weighted by molar-refractivity contribution is -0.137. The molecule has 0 spiro atoms. The van der Waals surface area contributed by atoms with Crippen LogP contribution < -0.4 is 4.74 Å². The third kappa shape index (κ3) is 10.8. The molecule has 1 aromatic rings. The van der Waals surface area contributed by atoms with Gasteiger partial charge < -0.3 is 22.8 Å². The molecule has 1 rings (SSSR count). The molecular formula is C19H30O6Si. The summed E-state index contributed by atoms with van der Waals surface area (Å²) in [7, 11) is 2.16. The van der Waals surface area contributed by atoms with E-state index in [2.05, 4.69) is 6.58 Å². The number of esters is 1. The maximum Gasteiger partial charge on any atom is 0.500 e. The highest BCUT2D eigenvalue weighted by Gasteiger charge is 2.36. The number of hydrogen-bond acceptors (Lipinski definition) is 6. The van der Waals surface area contributed by atoms with Gasteiger partial charge in [-0.1, -0.05) is 36.9 Å². The molecule has 0 N–H and O–H groups in total. The Hall–Kier alpha value is -1.93. The van der Waals surface area contributed by atoms with Gasteiger partial charge in [-0.3, -0.25) is 0 Å². The molecule has 6 nitrogen and oxygen atoms in total. The summed E-state index contributed by atoms with van der Waals surface area (Å²) < 4.78 is 25.9. The van der Waals surface area contributed by atoms with Gasteiger partial charge in [0.25, 0.3) is 0 Å². The third-order valence-corrected chi connectivity index (χ3v) is 6.05. The molecule has 0 radical (unpaired) electrons. The second kappa shape index (κ2) is 15.3. The molecule has 0 saturated heterocycles. The van der Waals surface area contributed by atoms with Crippen molar-refractivity contribution in [1.29, 1.82) is 0 Å². The Morgan fingerprint density at radius 3 is 2.23 bits per heavy atom. The highest BCUT2D eigenvalue weighted by Crippen LogP contribution is 2.14. The van der Waals surface area contributed by atoms with Gasteiger partial charge in [-0.05, 0) is 25.5 Å². The van der Waals surface area contributed by atoms with E-state index in [9.17, 15) is 4.79 Å². The maximum absolute atomic E-state index is 11.0. The molecule has 26 heavy (non-hydrogen) atoms. The van der Waals surface area contributed by atoms with E-state index in [0.29, 0.717) is 25.7 Å². The summed E-state index contributed by atoms with van der Waals surface area (Å²) in [6.07, 6.45) is 5.41. The van der Waals surface area contributed by atoms with Crippen LogP contribution in [-0.2, 0) is 22.8 Å². The second-order valence-electron chi connectivity index (χ2n) is 4.98. The molecule has 0 atom stereocenters. The van der Waals surface area contributed by atoms with Crippen molar-refractivity contribution in [3.05, 3.63) is 55.1 Å². The van der Waals surface area contributed by atoms with Crippen LogP contribution in [0.3, 0.4) is 0 Å². The Labute approximate surface area is 157 Å². The van der Waals surface area contributed by atoms with Crippen molar-refractivity contribution in [2.45, 2.75) is 19.4 Å². The van der Waals surface area contributed by atoms with E-state index < -0.39 is 8.80 Å². The number of carbonyl (C=O) groups is 1. The fourth-order valence-electron chi connectivity index (χ4n) is 1.87. The minimum atomic E-state index is -2.52. The number of benzene rings is 1. The fourth-order valence-corrected chi connectivity index (χ4v) is 3.56. The SMILES string of the molecule is C=CCOc1ccccc1.CC=CC(=O)OCCC[Si](OC)(OC)OC. The van der Waals surface area contributed by atoms with Gasteiger partial charge in [0.15, 0.2) is 0 Å². The van der Waals surface area contributed by atoms with Crippen molar-refractivity contribution >= 4 is 14.8 Å². The average molecular weight is 383 g/mol. The van der Waals surface area contributed by atoms with E-state index in [1.165, 1.54) is 6.08 Å². The number of carbonyl (C=O) groups excluding carboxylic acids is 1. The van der Waals surface area contributed by atoms with E-state index >= 15 is 0 Å². The molecule has 0 aliphatic rings. The first-order chi connectivity index (χ1) is 12.6. The smallest absolute Gasteiger partial charge is 0.490 e. The Morgan fingerprint density at radius 2 is 1.73 bits per heavy atom. The van der Waals surface area contributed by atoms with Crippen LogP contribution >= 0.6 is 0 Å². The molecule has 0 saturated carbocycles. The summed E-state index contributed by atoms with van der Waals surface area (Å²) in [4.78, 5) is 11.0. The van der Waals surface area contributed by atoms with E-state index in [-0.39, 0.29) is 5.97 Å². The quantitative estimate of drug-likeness (QED) is 0.191. The first-order valence-electron chi connectivity index (χ1n) is 8.31. The highest BCUT2D eigenvalue weighted by molar-refractivity contribution is 6.60. The van der Waals surface area contributed by atoms with Crippen LogP contribution in [0, 0.1) is 0 Å². The minimum Gasteiger partial charge on any atom is -0.490 e. The molecule has 0 unspecified atom stereocenters. The average Bonchev–Trinajstić information content (AvgIpc) is 2.69. The lowest BCUT2D eigenvalue weighted by Crippen LogP contribution is -2.42. The monoisotopic (exact) mass is 382 g/mol. The van der Waals surface area contributed by atoms with Gasteiger partial charge in [0.2, 0.25) is 0 Å². The predicted molar refractivity (Wildman–Crippen MR) is 104 cm³/mol. The summed E-state index contributed by atoms with van der Waals surface area (Å²) in [5.41, 5.74) is 0. The van der Waals surface area contributed by atoms with Gasteiger partial charge in [-0.15, -0.1) is 0 Å². The van der Waals surface area contributed by atoms with Gasteiger partial charge in [0, 0.05) is 33.4 Å². The standard InChI is InChI=1S/C10H20O5Si.C9H10O/c1-5-7-10(11)15-8-6-9-16(12-2,13-3)14-4;1-2-8-10-9-6-4-3-5-7-9/h5,7H,6,8-9H2,1-4H3;2-7H,1,8H2. The second-order valence-corrected chi connectivity index (χ2v) is 8.07. The minimum absolute atomic E-state index is 0.331. The van der Waals surface area contributed by atoms with Crippen molar-refractivity contribution in [2.24, 2.45) is 0 Å². The first-order valence-corrected chi connectivity index (χ1v) is 10.2. The predicted octanol–water partition coefficient (Wildman–Crippen LogP) is 3.63. The molecule has 0 heterocycles. The summed E-state index contributed by atoms with van der Waals surface area (Å²) in [5.74, 6) is 0.560. The molecule has 0 amide bonds. The van der Waals surface area contributed by atoms with Crippen LogP contribution in [-0.4, -0.2) is 49.3 Å². The van der Waals surface area contributed by atoms with Crippen LogP contribution in [0.25, 0.3) is 0 Å². The van der Waals surface area contributed by atoms with Gasteiger partial charge in [-0.2, -0.15) is 0 Å². The van der Waals surface area contributed by atoms with E-state index in [4.69, 9.17) is 22.8 Å². The zero-order chi connectivity index (χ0) is 19.7. The van der Waals surface area contributed by atoms with E-state index in [0.717, 1.165) is 5.75 Å². The van der Waals surface area contributed by atoms with Crippen molar-refractivity contribution in [3.63, 3.8) is 0 Å². The molecule has 7 heteroatoms. The molecular weight excluding hydrogens is 352 g/mol. The summed E-state index contributed by atoms with van der Waals surface area (Å²) in [5, 5.41) is 0. The number of ether oxygens (including phenoxy) is 2. The lowest BCUT2D eigenvalue weighted by atomic mass is 10.3. The fraction of sp³-hybridized carbons (Fsp3) is 0.421. The topological polar surface area (TPSA) is 63.2 Å². The summed E-state index contributed by atoms with van der Waals surface area (Å²) in [6, 6.07) is 10.3. The molecule has 0 aliphatic heterocycles. The van der Waals surface area contributed by atoms with Gasteiger partial charge in [-0.25, -0.2) is 4.79 Å². The van der Waals surface area contributed by atoms with Gasteiger partial charge >= 0.3 is 14.8 Å². The number of allylic oxidation sites excluding steroid dienone is 1. The van der Waals surface area contributed by atoms with Crippen LogP contribution in [0.1, 0.15) is 13.3 Å². The number of para-hydroxylation sites is 1. The molecule has 146 valence electrons. The molecule has 0 aliphatic carbocycles. The van der Waals surface area contributed by atoms with Crippen LogP contribution in [0.4, 0.5) is 0 Å². The van der Waals surface area contributed by atoms with Crippen LogP contribution in [0.15, 0.2) is 55.1 Å². The van der Waals surface area contributed by atoms with Crippen molar-refractivity contribution in [1.82, 2.24) is 0 Å². The van der Waals surface area contributed by atoms with Crippen molar-refractivity contribution in [2.75, 3.05) is 34.5 Å². The Morgan fingerprint density at radius 1 is 1.12 bits per heavy atom. The Balaban J connectivity index is 0.000000531. The van der Waals surface area contributed by atoms with Crippen molar-refractivity contribution < 1.29 is 27.5 Å². The van der Waals surface area contributed by atoms with E-state index in [1.807, 2.05) is 30.3 Å². The Kier molecular flexibility index (Phi) is 14.2. The normalized spacial score (nSPS) is 10.8. The lowest BCUT2D eigenvalue weighted by Gasteiger charge is -2.23. The van der Waals surface area contributed by atoms with Gasteiger partial charge in [0.05, 0.1) is 6.61 Å². The number of rotatable bonds is 11. The zero-order valence-electron chi connectivity index (χ0n) is 16.1. The highest BCUT2D eigenvalue weighted by atomic mass is 28.4. The zero-order valence-corrected chi connectivity index (χ0v) is 17.1. The largest absolute Gasteiger partial charge is 0.500 e. The summed E-state index contributed by atoms with van der Waals surface area (Å²) in [6.45, 7) is 6.23. The van der Waals surface area contributed by atoms with Crippen LogP contribution in [0.5, 0.6) is 5.75 Å². The molecule has 0 aromatic heterocycles. The van der Waals surface area contributed by atoms with Crippen molar-refractivity contribution in [3.8, 4) is 5.75 Å². The van der Waals surface area contributed by atoms with Crippen LogP contribution in [0.2, 0.25) is 6.04 Å². The first kappa shape index (κ1) is 24.1. The maximum atomic E-state index is 11.0. The molecule has 1 aromatic carbocycles. The third-order valence-electron chi connectivity index (χ3n) is 3.22. The molecule has 0 bridgehead atoms. The van der Waals surface area contributed by atoms with E-state index in [1.54, 1.807) is 40.4 Å². The van der Waals surface area contributed by atoms with Gasteiger partial charge in [0.1, 0.15) is 12.4 Å². The number of hydrogen-bond donors (Lipinski definition) is 0.